The Balaban J connectivity index is 2.00. The minimum absolute atomic E-state index is 0.500. The van der Waals surface area contributed by atoms with E-state index in [4.69, 9.17) is 11.6 Å². The van der Waals surface area contributed by atoms with E-state index in [0.29, 0.717) is 6.04 Å². The molecule has 1 heterocycles. The summed E-state index contributed by atoms with van der Waals surface area (Å²) in [6, 6.07) is 8.30. The molecule has 2 nitrogen and oxygen atoms in total. The fraction of sp³-hybridized carbons (Fsp3) is 0.214. The van der Waals surface area contributed by atoms with Crippen LogP contribution in [0.4, 0.5) is 5.69 Å². The highest BCUT2D eigenvalue weighted by Crippen LogP contribution is 2.27. The van der Waals surface area contributed by atoms with Crippen molar-refractivity contribution in [3.63, 3.8) is 0 Å². The van der Waals surface area contributed by atoms with Crippen molar-refractivity contribution in [2.45, 2.75) is 18.9 Å². The van der Waals surface area contributed by atoms with E-state index < -0.39 is 0 Å². The molecule has 1 N–H and O–H groups in total. The van der Waals surface area contributed by atoms with E-state index in [2.05, 4.69) is 22.5 Å². The summed E-state index contributed by atoms with van der Waals surface area (Å²) >= 11 is 6.04. The fourth-order valence-corrected chi connectivity index (χ4v) is 2.37. The smallest absolute Gasteiger partial charge is 0.0723 e. The number of nitrogens with one attached hydrogen (secondary N) is 1. The number of rotatable bonds is 2. The van der Waals surface area contributed by atoms with Gasteiger partial charge in [-0.15, -0.1) is 0 Å². The molecule has 2 aromatic rings. The molecule has 3 heteroatoms. The van der Waals surface area contributed by atoms with Crippen LogP contribution in [-0.4, -0.2) is 11.0 Å². The third-order valence-electron chi connectivity index (χ3n) is 3.07. The van der Waals surface area contributed by atoms with E-state index in [-0.39, 0.29) is 0 Å². The van der Waals surface area contributed by atoms with Crippen LogP contribution in [0.25, 0.3) is 10.9 Å². The molecule has 0 amide bonds. The summed E-state index contributed by atoms with van der Waals surface area (Å²) in [5.41, 5.74) is 2.09. The van der Waals surface area contributed by atoms with E-state index in [1.807, 2.05) is 30.5 Å². The molecule has 0 atom stereocenters. The Bertz CT molecular complexity index is 569. The first-order valence-corrected chi connectivity index (χ1v) is 6.16. The normalized spacial score (nSPS) is 15.6. The zero-order valence-electron chi connectivity index (χ0n) is 9.36. The number of anilines is 1. The van der Waals surface area contributed by atoms with Crippen LogP contribution in [0, 0.1) is 0 Å². The molecular formula is C14H13ClN2. The van der Waals surface area contributed by atoms with Gasteiger partial charge in [0.1, 0.15) is 0 Å². The highest BCUT2D eigenvalue weighted by molar-refractivity contribution is 6.31. The molecule has 3 rings (SSSR count). The molecule has 1 aromatic heterocycles. The van der Waals surface area contributed by atoms with Crippen molar-refractivity contribution in [2.75, 3.05) is 5.32 Å². The Morgan fingerprint density at radius 1 is 1.18 bits per heavy atom. The molecule has 1 aliphatic carbocycles. The molecule has 0 saturated carbocycles. The maximum Gasteiger partial charge on any atom is 0.0723 e. The monoisotopic (exact) mass is 244 g/mol. The highest BCUT2D eigenvalue weighted by Gasteiger charge is 2.11. The molecular weight excluding hydrogens is 232 g/mol. The van der Waals surface area contributed by atoms with E-state index in [1.165, 1.54) is 0 Å². The largest absolute Gasteiger partial charge is 0.381 e. The maximum atomic E-state index is 6.04. The minimum Gasteiger partial charge on any atom is -0.381 e. The SMILES string of the molecule is Clc1ccc2nccc(NC3CC=CC3)c2c1. The lowest BCUT2D eigenvalue weighted by Crippen LogP contribution is -2.15. The summed E-state index contributed by atoms with van der Waals surface area (Å²) in [6.45, 7) is 0. The van der Waals surface area contributed by atoms with Gasteiger partial charge >= 0.3 is 0 Å². The summed E-state index contributed by atoms with van der Waals surface area (Å²) in [7, 11) is 0. The van der Waals surface area contributed by atoms with Crippen molar-refractivity contribution in [3.05, 3.63) is 47.6 Å². The van der Waals surface area contributed by atoms with Gasteiger partial charge in [-0.25, -0.2) is 0 Å². The van der Waals surface area contributed by atoms with Gasteiger partial charge in [-0.2, -0.15) is 0 Å². The predicted molar refractivity (Wildman–Crippen MR) is 72.5 cm³/mol. The molecule has 86 valence electrons. The summed E-state index contributed by atoms with van der Waals surface area (Å²) < 4.78 is 0. The molecule has 0 saturated heterocycles. The minimum atomic E-state index is 0.500. The van der Waals surface area contributed by atoms with Crippen LogP contribution < -0.4 is 5.32 Å². The van der Waals surface area contributed by atoms with Gasteiger partial charge in [0.25, 0.3) is 0 Å². The van der Waals surface area contributed by atoms with Gasteiger partial charge in [-0.05, 0) is 37.1 Å². The first-order chi connectivity index (χ1) is 8.33. The lowest BCUT2D eigenvalue weighted by molar-refractivity contribution is 0.788. The summed E-state index contributed by atoms with van der Waals surface area (Å²) in [5, 5.41) is 5.39. The van der Waals surface area contributed by atoms with Gasteiger partial charge in [0.05, 0.1) is 5.52 Å². The molecule has 0 aliphatic heterocycles. The first-order valence-electron chi connectivity index (χ1n) is 5.79. The van der Waals surface area contributed by atoms with Crippen molar-refractivity contribution in [2.24, 2.45) is 0 Å². The summed E-state index contributed by atoms with van der Waals surface area (Å²) in [4.78, 5) is 4.34. The van der Waals surface area contributed by atoms with Crippen molar-refractivity contribution in [3.8, 4) is 0 Å². The van der Waals surface area contributed by atoms with E-state index in [1.54, 1.807) is 0 Å². The third kappa shape index (κ3) is 2.13. The number of benzene rings is 1. The van der Waals surface area contributed by atoms with Crippen LogP contribution >= 0.6 is 11.6 Å². The van der Waals surface area contributed by atoms with Gasteiger partial charge in [0.2, 0.25) is 0 Å². The van der Waals surface area contributed by atoms with Gasteiger partial charge in [0.15, 0.2) is 0 Å². The van der Waals surface area contributed by atoms with Crippen molar-refractivity contribution < 1.29 is 0 Å². The van der Waals surface area contributed by atoms with Crippen LogP contribution in [0.15, 0.2) is 42.6 Å². The van der Waals surface area contributed by atoms with Gasteiger partial charge < -0.3 is 5.32 Å². The van der Waals surface area contributed by atoms with E-state index in [0.717, 1.165) is 34.5 Å². The number of pyridine rings is 1. The standard InChI is InChI=1S/C14H13ClN2/c15-10-5-6-13-12(9-10)14(7-8-16-13)17-11-3-1-2-4-11/h1-2,5-9,11H,3-4H2,(H,16,17). The Labute approximate surface area is 105 Å². The Morgan fingerprint density at radius 3 is 2.82 bits per heavy atom. The van der Waals surface area contributed by atoms with Gasteiger partial charge in [-0.3, -0.25) is 4.98 Å². The van der Waals surface area contributed by atoms with E-state index in [9.17, 15) is 0 Å². The number of aromatic nitrogens is 1. The van der Waals surface area contributed by atoms with Crippen molar-refractivity contribution >= 4 is 28.2 Å². The molecule has 1 aromatic carbocycles. The number of nitrogens with zero attached hydrogens (tertiary/aromatic N) is 1. The van der Waals surface area contributed by atoms with E-state index >= 15 is 0 Å². The number of hydrogen-bond donors (Lipinski definition) is 1. The van der Waals surface area contributed by atoms with Crippen LogP contribution in [0.2, 0.25) is 5.02 Å². The molecule has 0 fully saturated rings. The second kappa shape index (κ2) is 4.38. The third-order valence-corrected chi connectivity index (χ3v) is 3.31. The second-order valence-electron chi connectivity index (χ2n) is 4.30. The number of fused-ring (bicyclic) bond motifs is 1. The first kappa shape index (κ1) is 10.6. The second-order valence-corrected chi connectivity index (χ2v) is 4.74. The average Bonchev–Trinajstić information content (AvgIpc) is 2.83. The molecule has 17 heavy (non-hydrogen) atoms. The number of halogens is 1. The predicted octanol–water partition coefficient (Wildman–Crippen LogP) is 4.02. The average molecular weight is 245 g/mol. The summed E-state index contributed by atoms with van der Waals surface area (Å²) in [5.74, 6) is 0. The van der Waals surface area contributed by atoms with Crippen LogP contribution in [0.1, 0.15) is 12.8 Å². The summed E-state index contributed by atoms with van der Waals surface area (Å²) in [6.07, 6.45) is 8.44. The molecule has 0 radical (unpaired) electrons. The molecule has 0 unspecified atom stereocenters. The molecule has 0 bridgehead atoms. The Morgan fingerprint density at radius 2 is 2.00 bits per heavy atom. The quantitative estimate of drug-likeness (QED) is 0.808. The zero-order valence-corrected chi connectivity index (χ0v) is 10.1. The zero-order chi connectivity index (χ0) is 11.7. The fourth-order valence-electron chi connectivity index (χ4n) is 2.20. The maximum absolute atomic E-state index is 6.04. The molecule has 0 spiro atoms. The Kier molecular flexibility index (Phi) is 2.73. The highest BCUT2D eigenvalue weighted by atomic mass is 35.5. The molecule has 1 aliphatic rings. The van der Waals surface area contributed by atoms with Crippen LogP contribution in [0.5, 0.6) is 0 Å². The lowest BCUT2D eigenvalue weighted by atomic mass is 10.1. The van der Waals surface area contributed by atoms with Crippen molar-refractivity contribution in [1.29, 1.82) is 0 Å². The van der Waals surface area contributed by atoms with Gasteiger partial charge in [0, 0.05) is 28.3 Å². The lowest BCUT2D eigenvalue weighted by Gasteiger charge is -2.15. The van der Waals surface area contributed by atoms with Gasteiger partial charge in [-0.1, -0.05) is 23.8 Å². The van der Waals surface area contributed by atoms with Crippen LogP contribution in [-0.2, 0) is 0 Å². The number of hydrogen-bond acceptors (Lipinski definition) is 2. The van der Waals surface area contributed by atoms with Crippen LogP contribution in [0.3, 0.4) is 0 Å². The topological polar surface area (TPSA) is 24.9 Å². The van der Waals surface area contributed by atoms with Crippen molar-refractivity contribution in [1.82, 2.24) is 4.98 Å². The Hall–Kier alpha value is -1.54.